The third kappa shape index (κ3) is 2.24. The molecule has 1 heterocycles. The van der Waals surface area contributed by atoms with Gasteiger partial charge in [0.05, 0.1) is 5.60 Å². The smallest absolute Gasteiger partial charge is 0.0899 e. The normalized spacial score (nSPS) is 24.8. The van der Waals surface area contributed by atoms with Gasteiger partial charge in [-0.25, -0.2) is 0 Å². The molecule has 2 heteroatoms. The Morgan fingerprint density at radius 2 is 1.71 bits per heavy atom. The summed E-state index contributed by atoms with van der Waals surface area (Å²) in [5.41, 5.74) is 2.07. The standard InChI is InChI=1S/C15H21NO/c1-16-10-6-13(7-11-16)12-2-4-14(5-3-12)15(17)8-9-15/h2-5,13,17H,6-11H2,1H3. The van der Waals surface area contributed by atoms with Crippen molar-refractivity contribution in [1.82, 2.24) is 4.90 Å². The molecule has 2 nitrogen and oxygen atoms in total. The van der Waals surface area contributed by atoms with Gasteiger partial charge in [0.25, 0.3) is 0 Å². The van der Waals surface area contributed by atoms with Gasteiger partial charge in [-0.05, 0) is 62.9 Å². The number of piperidine rings is 1. The first-order chi connectivity index (χ1) is 8.17. The van der Waals surface area contributed by atoms with E-state index in [4.69, 9.17) is 0 Å². The van der Waals surface area contributed by atoms with Crippen LogP contribution in [0.3, 0.4) is 0 Å². The molecule has 0 bridgehead atoms. The summed E-state index contributed by atoms with van der Waals surface area (Å²) in [6.07, 6.45) is 4.39. The van der Waals surface area contributed by atoms with Gasteiger partial charge in [0, 0.05) is 0 Å². The molecule has 17 heavy (non-hydrogen) atoms. The highest BCUT2D eigenvalue weighted by Gasteiger charge is 2.41. The number of benzene rings is 1. The van der Waals surface area contributed by atoms with Gasteiger partial charge in [0.1, 0.15) is 0 Å². The van der Waals surface area contributed by atoms with Gasteiger partial charge >= 0.3 is 0 Å². The van der Waals surface area contributed by atoms with E-state index < -0.39 is 5.60 Å². The van der Waals surface area contributed by atoms with E-state index in [1.165, 1.54) is 31.5 Å². The van der Waals surface area contributed by atoms with Gasteiger partial charge in [0.2, 0.25) is 0 Å². The van der Waals surface area contributed by atoms with Gasteiger partial charge in [0.15, 0.2) is 0 Å². The van der Waals surface area contributed by atoms with Crippen LogP contribution in [-0.4, -0.2) is 30.1 Å². The predicted octanol–water partition coefficient (Wildman–Crippen LogP) is 2.48. The van der Waals surface area contributed by atoms with Gasteiger partial charge in [-0.3, -0.25) is 0 Å². The van der Waals surface area contributed by atoms with Gasteiger partial charge < -0.3 is 10.0 Å². The van der Waals surface area contributed by atoms with Crippen LogP contribution in [0.25, 0.3) is 0 Å². The van der Waals surface area contributed by atoms with Crippen molar-refractivity contribution in [2.45, 2.75) is 37.2 Å². The Balaban J connectivity index is 1.71. The number of hydrogen-bond acceptors (Lipinski definition) is 2. The van der Waals surface area contributed by atoms with Crippen molar-refractivity contribution in [3.63, 3.8) is 0 Å². The first-order valence-electron chi connectivity index (χ1n) is 6.69. The molecule has 3 rings (SSSR count). The van der Waals surface area contributed by atoms with Crippen molar-refractivity contribution < 1.29 is 5.11 Å². The van der Waals surface area contributed by atoms with E-state index in [1.54, 1.807) is 0 Å². The minimum absolute atomic E-state index is 0.481. The van der Waals surface area contributed by atoms with Crippen LogP contribution in [0.2, 0.25) is 0 Å². The molecule has 1 saturated carbocycles. The van der Waals surface area contributed by atoms with Crippen LogP contribution in [0, 0.1) is 0 Å². The largest absolute Gasteiger partial charge is 0.385 e. The lowest BCUT2D eigenvalue weighted by Gasteiger charge is -2.29. The highest BCUT2D eigenvalue weighted by molar-refractivity contribution is 5.32. The van der Waals surface area contributed by atoms with E-state index >= 15 is 0 Å². The zero-order valence-corrected chi connectivity index (χ0v) is 10.5. The lowest BCUT2D eigenvalue weighted by Crippen LogP contribution is -2.29. The average molecular weight is 231 g/mol. The summed E-state index contributed by atoms with van der Waals surface area (Å²) in [5.74, 6) is 0.717. The Bertz CT molecular complexity index is 386. The van der Waals surface area contributed by atoms with Gasteiger partial charge in [-0.15, -0.1) is 0 Å². The lowest BCUT2D eigenvalue weighted by atomic mass is 9.88. The predicted molar refractivity (Wildman–Crippen MR) is 69.0 cm³/mol. The first-order valence-corrected chi connectivity index (χ1v) is 6.69. The average Bonchev–Trinajstić information content (AvgIpc) is 3.10. The number of aliphatic hydroxyl groups is 1. The molecule has 1 N–H and O–H groups in total. The third-order valence-electron chi connectivity index (χ3n) is 4.36. The van der Waals surface area contributed by atoms with Crippen LogP contribution in [0.5, 0.6) is 0 Å². The topological polar surface area (TPSA) is 23.5 Å². The molecule has 1 aliphatic heterocycles. The highest BCUT2D eigenvalue weighted by Crippen LogP contribution is 2.45. The maximum Gasteiger partial charge on any atom is 0.0899 e. The van der Waals surface area contributed by atoms with E-state index in [0.29, 0.717) is 5.92 Å². The van der Waals surface area contributed by atoms with Crippen LogP contribution in [-0.2, 0) is 5.60 Å². The quantitative estimate of drug-likeness (QED) is 0.845. The van der Waals surface area contributed by atoms with Crippen LogP contribution in [0.1, 0.15) is 42.7 Å². The second-order valence-corrected chi connectivity index (χ2v) is 5.73. The third-order valence-corrected chi connectivity index (χ3v) is 4.36. The number of nitrogens with zero attached hydrogens (tertiary/aromatic N) is 1. The van der Waals surface area contributed by atoms with Crippen molar-refractivity contribution in [1.29, 1.82) is 0 Å². The maximum absolute atomic E-state index is 10.0. The Kier molecular flexibility index (Phi) is 2.72. The molecule has 1 aliphatic carbocycles. The molecule has 1 aromatic carbocycles. The molecule has 1 aromatic rings. The summed E-state index contributed by atoms with van der Waals surface area (Å²) in [6, 6.07) is 8.70. The summed E-state index contributed by atoms with van der Waals surface area (Å²) in [6.45, 7) is 2.41. The first kappa shape index (κ1) is 11.2. The highest BCUT2D eigenvalue weighted by atomic mass is 16.3. The summed E-state index contributed by atoms with van der Waals surface area (Å²) >= 11 is 0. The minimum Gasteiger partial charge on any atom is -0.385 e. The molecule has 1 saturated heterocycles. The van der Waals surface area contributed by atoms with Crippen LogP contribution in [0.15, 0.2) is 24.3 Å². The monoisotopic (exact) mass is 231 g/mol. The molecule has 0 spiro atoms. The van der Waals surface area contributed by atoms with Crippen molar-refractivity contribution in [3.8, 4) is 0 Å². The second kappa shape index (κ2) is 4.11. The Morgan fingerprint density at radius 1 is 1.12 bits per heavy atom. The second-order valence-electron chi connectivity index (χ2n) is 5.73. The van der Waals surface area contributed by atoms with Crippen molar-refractivity contribution in [2.24, 2.45) is 0 Å². The van der Waals surface area contributed by atoms with E-state index in [0.717, 1.165) is 18.4 Å². The Hall–Kier alpha value is -0.860. The Labute approximate surface area is 103 Å². The zero-order valence-electron chi connectivity index (χ0n) is 10.5. The molecule has 92 valence electrons. The fraction of sp³-hybridized carbons (Fsp3) is 0.600. The van der Waals surface area contributed by atoms with Crippen molar-refractivity contribution >= 4 is 0 Å². The molecular weight excluding hydrogens is 210 g/mol. The van der Waals surface area contributed by atoms with Gasteiger partial charge in [-0.1, -0.05) is 24.3 Å². The number of likely N-dealkylation sites (tertiary alicyclic amines) is 1. The zero-order chi connectivity index (χ0) is 11.9. The molecule has 0 aromatic heterocycles. The fourth-order valence-electron chi connectivity index (χ4n) is 2.81. The van der Waals surface area contributed by atoms with Crippen LogP contribution < -0.4 is 0 Å². The van der Waals surface area contributed by atoms with Crippen LogP contribution >= 0.6 is 0 Å². The SMILES string of the molecule is CN1CCC(c2ccc(C3(O)CC3)cc2)CC1. The molecule has 2 fully saturated rings. The summed E-state index contributed by atoms with van der Waals surface area (Å²) in [7, 11) is 2.20. The van der Waals surface area contributed by atoms with Crippen molar-refractivity contribution in [2.75, 3.05) is 20.1 Å². The summed E-state index contributed by atoms with van der Waals surface area (Å²) in [5, 5.41) is 10.0. The van der Waals surface area contributed by atoms with E-state index in [1.807, 2.05) is 0 Å². The molecule has 2 aliphatic rings. The van der Waals surface area contributed by atoms with Crippen LogP contribution in [0.4, 0.5) is 0 Å². The number of rotatable bonds is 2. The molecule has 0 radical (unpaired) electrons. The molecular formula is C15H21NO. The Morgan fingerprint density at radius 3 is 2.24 bits per heavy atom. The lowest BCUT2D eigenvalue weighted by molar-refractivity contribution is 0.151. The maximum atomic E-state index is 10.0. The van der Waals surface area contributed by atoms with E-state index in [-0.39, 0.29) is 0 Å². The number of hydrogen-bond donors (Lipinski definition) is 1. The van der Waals surface area contributed by atoms with E-state index in [9.17, 15) is 5.11 Å². The fourth-order valence-corrected chi connectivity index (χ4v) is 2.81. The molecule has 0 unspecified atom stereocenters. The van der Waals surface area contributed by atoms with Crippen molar-refractivity contribution in [3.05, 3.63) is 35.4 Å². The molecule has 0 amide bonds. The summed E-state index contributed by atoms with van der Waals surface area (Å²) in [4.78, 5) is 2.40. The van der Waals surface area contributed by atoms with Gasteiger partial charge in [-0.2, -0.15) is 0 Å². The minimum atomic E-state index is -0.481. The van der Waals surface area contributed by atoms with E-state index in [2.05, 4.69) is 36.2 Å². The summed E-state index contributed by atoms with van der Waals surface area (Å²) < 4.78 is 0. The molecule has 0 atom stereocenters.